The molecule has 184 valence electrons. The molecule has 0 saturated heterocycles. The molecule has 0 aromatic heterocycles. The summed E-state index contributed by atoms with van der Waals surface area (Å²) in [5.41, 5.74) is 0. The predicted octanol–water partition coefficient (Wildman–Crippen LogP) is 7.74. The van der Waals surface area contributed by atoms with Crippen LogP contribution in [0.25, 0.3) is 0 Å². The van der Waals surface area contributed by atoms with Gasteiger partial charge in [-0.3, -0.25) is 0 Å². The van der Waals surface area contributed by atoms with Crippen LogP contribution in [0.2, 0.25) is 9.88 Å². The summed E-state index contributed by atoms with van der Waals surface area (Å²) in [6.07, 6.45) is 15.4. The molecule has 0 rings (SSSR count). The number of hydrogen-bond donors (Lipinski definition) is 0. The normalized spacial score (nSPS) is 11.5. The molecule has 0 bridgehead atoms. The van der Waals surface area contributed by atoms with Gasteiger partial charge in [-0.25, -0.2) is 0 Å². The van der Waals surface area contributed by atoms with Crippen LogP contribution in [-0.2, 0) is 19.1 Å². The van der Waals surface area contributed by atoms with Crippen LogP contribution in [0.1, 0.15) is 104 Å². The second kappa shape index (κ2) is 22.2. The van der Waals surface area contributed by atoms with Crippen LogP contribution < -0.4 is 0 Å². The molecule has 0 unspecified atom stereocenters. The van der Waals surface area contributed by atoms with Gasteiger partial charge < -0.3 is 0 Å². The van der Waals surface area contributed by atoms with E-state index < -0.39 is 15.6 Å². The molecule has 0 aromatic carbocycles. The molecule has 0 atom stereocenters. The molecule has 0 amide bonds. The number of carbonyl (C=O) groups is 2. The fraction of sp³-hybridized carbons (Fsp3) is 0.917. The smallest absolute Gasteiger partial charge is 0.0654 e. The molecule has 0 aromatic rings. The van der Waals surface area contributed by atoms with Crippen molar-refractivity contribution >= 4 is 45.4 Å². The van der Waals surface area contributed by atoms with E-state index >= 15 is 0 Å². The van der Waals surface area contributed by atoms with E-state index in [2.05, 4.69) is 23.7 Å². The average molecular weight is 583 g/mol. The van der Waals surface area contributed by atoms with Gasteiger partial charge in [0.2, 0.25) is 0 Å². The first-order chi connectivity index (χ1) is 14.9. The zero-order valence-electron chi connectivity index (χ0n) is 20.7. The van der Waals surface area contributed by atoms with Gasteiger partial charge in [-0.15, -0.1) is 0 Å². The standard InChI is InChI=1S/2C11H22O2S.2CH3.Sn/c2*1-2-3-4-5-6-7-8-11(12)13-9-10-14;;;/h2*14H,2-10H2,1H3;2*1H3;/q;;;;+2/p-2. The van der Waals surface area contributed by atoms with Crippen LogP contribution in [0.3, 0.4) is 0 Å². The van der Waals surface area contributed by atoms with Gasteiger partial charge in [0.1, 0.15) is 0 Å². The SMILES string of the molecule is CCCCCCCCC(=O)OCC[S][Sn]([CH3])([CH3])[S]CCOC(=O)CCCCCCCC. The average Bonchev–Trinajstić information content (AvgIpc) is 2.74. The predicted molar refractivity (Wildman–Crippen MR) is 140 cm³/mol. The molecule has 0 aliphatic heterocycles. The topological polar surface area (TPSA) is 52.6 Å². The second-order valence-corrected chi connectivity index (χ2v) is 38.3. The molecule has 0 aliphatic carbocycles. The molecule has 0 spiro atoms. The van der Waals surface area contributed by atoms with Gasteiger partial charge >= 0.3 is 189 Å². The van der Waals surface area contributed by atoms with Gasteiger partial charge in [0.15, 0.2) is 0 Å². The van der Waals surface area contributed by atoms with E-state index in [1.165, 1.54) is 51.4 Å². The number of carbonyl (C=O) groups excluding carboxylic acids is 2. The third-order valence-corrected chi connectivity index (χ3v) is 27.3. The molecule has 0 radical (unpaired) electrons. The zero-order valence-corrected chi connectivity index (χ0v) is 25.2. The number of unbranched alkanes of at least 4 members (excludes halogenated alkanes) is 10. The third-order valence-electron chi connectivity index (χ3n) is 5.06. The molecule has 0 aliphatic rings. The summed E-state index contributed by atoms with van der Waals surface area (Å²) in [6, 6.07) is 0. The summed E-state index contributed by atoms with van der Waals surface area (Å²) in [4.78, 5) is 28.4. The number of rotatable bonds is 22. The van der Waals surface area contributed by atoms with Crippen molar-refractivity contribution in [2.45, 2.75) is 114 Å². The summed E-state index contributed by atoms with van der Waals surface area (Å²) >= 11 is -2.25. The molecule has 0 saturated carbocycles. The summed E-state index contributed by atoms with van der Waals surface area (Å²) in [5.74, 6) is 1.68. The fourth-order valence-electron chi connectivity index (χ4n) is 3.17. The Morgan fingerprint density at radius 2 is 0.968 bits per heavy atom. The van der Waals surface area contributed by atoms with Crippen LogP contribution in [0, 0.1) is 0 Å². The van der Waals surface area contributed by atoms with Crippen molar-refractivity contribution in [2.75, 3.05) is 24.7 Å². The zero-order chi connectivity index (χ0) is 23.2. The van der Waals surface area contributed by atoms with Gasteiger partial charge in [0, 0.05) is 0 Å². The van der Waals surface area contributed by atoms with E-state index in [9.17, 15) is 9.59 Å². The fourth-order valence-corrected chi connectivity index (χ4v) is 20.2. The van der Waals surface area contributed by atoms with Gasteiger partial charge in [0.25, 0.3) is 0 Å². The van der Waals surface area contributed by atoms with Crippen LogP contribution in [0.5, 0.6) is 0 Å². The number of hydrogen-bond acceptors (Lipinski definition) is 6. The van der Waals surface area contributed by atoms with Crippen molar-refractivity contribution in [3.05, 3.63) is 0 Å². The minimum atomic E-state index is -2.25. The molecule has 4 nitrogen and oxygen atoms in total. The van der Waals surface area contributed by atoms with Gasteiger partial charge in [-0.1, -0.05) is 13.8 Å². The Kier molecular flexibility index (Phi) is 22.6. The Hall–Kier alpha value is 0.439. The Labute approximate surface area is 201 Å². The van der Waals surface area contributed by atoms with Crippen molar-refractivity contribution in [1.29, 1.82) is 0 Å². The summed E-state index contributed by atoms with van der Waals surface area (Å²) in [5, 5.41) is 0. The second-order valence-electron chi connectivity index (χ2n) is 8.57. The van der Waals surface area contributed by atoms with E-state index in [0.29, 0.717) is 26.1 Å². The Bertz CT molecular complexity index is 409. The first-order valence-electron chi connectivity index (χ1n) is 12.5. The Morgan fingerprint density at radius 3 is 1.35 bits per heavy atom. The molecule has 0 fully saturated rings. The van der Waals surface area contributed by atoms with E-state index in [4.69, 9.17) is 9.47 Å². The molecular weight excluding hydrogens is 535 g/mol. The summed E-state index contributed by atoms with van der Waals surface area (Å²) < 4.78 is 10.8. The van der Waals surface area contributed by atoms with Crippen LogP contribution >= 0.6 is 17.9 Å². The molecule has 0 heterocycles. The summed E-state index contributed by atoms with van der Waals surface area (Å²) in [7, 11) is 3.99. The minimum Gasteiger partial charge on any atom is -0.0654 e. The van der Waals surface area contributed by atoms with Crippen LogP contribution in [0.4, 0.5) is 0 Å². The maximum absolute atomic E-state index is 11.8. The molecule has 0 N–H and O–H groups in total. The van der Waals surface area contributed by atoms with E-state index in [0.717, 1.165) is 37.2 Å². The Balaban J connectivity index is 3.59. The Morgan fingerprint density at radius 1 is 0.613 bits per heavy atom. The molecular formula is C24H48O4S2Sn. The van der Waals surface area contributed by atoms with Crippen LogP contribution in [-0.4, -0.2) is 52.3 Å². The van der Waals surface area contributed by atoms with E-state index in [1.54, 1.807) is 0 Å². The monoisotopic (exact) mass is 584 g/mol. The van der Waals surface area contributed by atoms with Gasteiger partial charge in [-0.2, -0.15) is 0 Å². The van der Waals surface area contributed by atoms with Crippen molar-refractivity contribution in [3.8, 4) is 0 Å². The summed E-state index contributed by atoms with van der Waals surface area (Å²) in [6.45, 7) is 5.47. The van der Waals surface area contributed by atoms with Crippen molar-refractivity contribution < 1.29 is 19.1 Å². The van der Waals surface area contributed by atoms with Gasteiger partial charge in [0.05, 0.1) is 0 Å². The van der Waals surface area contributed by atoms with Crippen molar-refractivity contribution in [1.82, 2.24) is 0 Å². The first kappa shape index (κ1) is 31.4. The van der Waals surface area contributed by atoms with Crippen LogP contribution in [0.15, 0.2) is 0 Å². The maximum atomic E-state index is 11.8. The first-order valence-corrected chi connectivity index (χ1v) is 27.2. The van der Waals surface area contributed by atoms with E-state index in [-0.39, 0.29) is 11.9 Å². The minimum absolute atomic E-state index is 0.0472. The van der Waals surface area contributed by atoms with E-state index in [1.807, 2.05) is 17.9 Å². The van der Waals surface area contributed by atoms with Crippen molar-refractivity contribution in [3.63, 3.8) is 0 Å². The molecule has 31 heavy (non-hydrogen) atoms. The molecule has 7 heteroatoms. The number of ether oxygens (including phenoxy) is 2. The van der Waals surface area contributed by atoms with Crippen molar-refractivity contribution in [2.24, 2.45) is 0 Å². The van der Waals surface area contributed by atoms with Gasteiger partial charge in [-0.05, 0) is 0 Å². The number of esters is 2. The third kappa shape index (κ3) is 23.4. The quantitative estimate of drug-likeness (QED) is 0.0739.